The first kappa shape index (κ1) is 9.95. The number of nitrogens with zero attached hydrogens (tertiary/aromatic N) is 1. The van der Waals surface area contributed by atoms with E-state index in [0.717, 1.165) is 19.6 Å². The van der Waals surface area contributed by atoms with Crippen LogP contribution in [-0.4, -0.2) is 38.7 Å². The molecule has 1 heterocycles. The molecule has 5 heteroatoms. The van der Waals surface area contributed by atoms with Gasteiger partial charge in [-0.25, -0.2) is 8.42 Å². The summed E-state index contributed by atoms with van der Waals surface area (Å²) in [6.45, 7) is 3.02. The fourth-order valence-corrected chi connectivity index (χ4v) is 1.99. The van der Waals surface area contributed by atoms with Gasteiger partial charge in [0.05, 0.1) is 5.75 Å². The molecule has 1 saturated heterocycles. The smallest absolute Gasteiger partial charge is 0.225 e. The minimum absolute atomic E-state index is 0.00347. The highest BCUT2D eigenvalue weighted by atomic mass is 32.2. The van der Waals surface area contributed by atoms with Gasteiger partial charge in [0.25, 0.3) is 0 Å². The van der Waals surface area contributed by atoms with Gasteiger partial charge in [-0.2, -0.15) is 0 Å². The largest absolute Gasteiger partial charge is 0.303 e. The van der Waals surface area contributed by atoms with E-state index in [0.29, 0.717) is 6.42 Å². The zero-order chi connectivity index (χ0) is 9.03. The maximum atomic E-state index is 10.5. The number of sulfonamides is 1. The van der Waals surface area contributed by atoms with Gasteiger partial charge in [-0.05, 0) is 38.9 Å². The second-order valence-electron chi connectivity index (χ2n) is 3.22. The Balaban J connectivity index is 2.09. The summed E-state index contributed by atoms with van der Waals surface area (Å²) < 4.78 is 20.9. The topological polar surface area (TPSA) is 61.2 Å². The standard InChI is InChI=1S/C7H15N2O2S/c8-12(10,11)7-3-6-9-4-1-2-5-9/h8H,1-7H2. The van der Waals surface area contributed by atoms with Crippen molar-refractivity contribution in [3.05, 3.63) is 0 Å². The van der Waals surface area contributed by atoms with Gasteiger partial charge in [-0.1, -0.05) is 0 Å². The van der Waals surface area contributed by atoms with Crippen LogP contribution in [0.3, 0.4) is 0 Å². The molecule has 0 aliphatic carbocycles. The van der Waals surface area contributed by atoms with Crippen molar-refractivity contribution in [2.45, 2.75) is 19.3 Å². The number of likely N-dealkylation sites (tertiary alicyclic amines) is 1. The van der Waals surface area contributed by atoms with E-state index in [2.05, 4.69) is 4.90 Å². The molecule has 1 radical (unpaired) electrons. The Labute approximate surface area is 73.8 Å². The maximum absolute atomic E-state index is 10.5. The Morgan fingerprint density at radius 2 is 1.83 bits per heavy atom. The van der Waals surface area contributed by atoms with Crippen LogP contribution in [0.5, 0.6) is 0 Å². The summed E-state index contributed by atoms with van der Waals surface area (Å²) in [6, 6.07) is 0. The number of hydrogen-bond donors (Lipinski definition) is 0. The summed E-state index contributed by atoms with van der Waals surface area (Å²) in [4.78, 5) is 2.26. The van der Waals surface area contributed by atoms with Crippen molar-refractivity contribution < 1.29 is 8.42 Å². The molecule has 0 unspecified atom stereocenters. The van der Waals surface area contributed by atoms with E-state index in [1.54, 1.807) is 0 Å². The van der Waals surface area contributed by atoms with Crippen molar-refractivity contribution in [1.82, 2.24) is 10.0 Å². The van der Waals surface area contributed by atoms with Gasteiger partial charge in [0.15, 0.2) is 0 Å². The van der Waals surface area contributed by atoms with Crippen LogP contribution >= 0.6 is 0 Å². The zero-order valence-electron chi connectivity index (χ0n) is 7.12. The molecular formula is C7H15N2O2S. The lowest BCUT2D eigenvalue weighted by Gasteiger charge is -2.12. The molecule has 1 aliphatic rings. The highest BCUT2D eigenvalue weighted by Gasteiger charge is 2.11. The minimum atomic E-state index is -3.49. The van der Waals surface area contributed by atoms with Crippen molar-refractivity contribution >= 4 is 10.0 Å². The van der Waals surface area contributed by atoms with E-state index in [1.165, 1.54) is 12.8 Å². The van der Waals surface area contributed by atoms with Crippen LogP contribution in [0.25, 0.3) is 0 Å². The van der Waals surface area contributed by atoms with E-state index < -0.39 is 10.0 Å². The second kappa shape index (κ2) is 4.20. The molecule has 71 valence electrons. The molecule has 0 aromatic carbocycles. The third-order valence-electron chi connectivity index (χ3n) is 2.09. The summed E-state index contributed by atoms with van der Waals surface area (Å²) in [5, 5.41) is 6.66. The van der Waals surface area contributed by atoms with Crippen LogP contribution in [0.2, 0.25) is 0 Å². The van der Waals surface area contributed by atoms with Crippen molar-refractivity contribution in [1.29, 1.82) is 0 Å². The van der Waals surface area contributed by atoms with E-state index >= 15 is 0 Å². The minimum Gasteiger partial charge on any atom is -0.303 e. The Morgan fingerprint density at radius 3 is 2.33 bits per heavy atom. The summed E-state index contributed by atoms with van der Waals surface area (Å²) in [7, 11) is -3.49. The number of hydrogen-bond acceptors (Lipinski definition) is 3. The lowest BCUT2D eigenvalue weighted by Crippen LogP contribution is -2.22. The molecule has 12 heavy (non-hydrogen) atoms. The summed E-state index contributed by atoms with van der Waals surface area (Å²) >= 11 is 0. The first-order chi connectivity index (χ1) is 5.58. The third-order valence-corrected chi connectivity index (χ3v) is 2.91. The Morgan fingerprint density at radius 1 is 1.25 bits per heavy atom. The van der Waals surface area contributed by atoms with Gasteiger partial charge < -0.3 is 4.90 Å². The van der Waals surface area contributed by atoms with Crippen LogP contribution < -0.4 is 5.14 Å². The molecule has 0 aromatic heterocycles. The molecule has 1 rings (SSSR count). The van der Waals surface area contributed by atoms with Gasteiger partial charge in [0.1, 0.15) is 0 Å². The molecule has 0 bridgehead atoms. The van der Waals surface area contributed by atoms with Crippen LogP contribution in [0.15, 0.2) is 0 Å². The summed E-state index contributed by atoms with van der Waals surface area (Å²) in [6.07, 6.45) is 3.06. The fraction of sp³-hybridized carbons (Fsp3) is 1.00. The fourth-order valence-electron chi connectivity index (χ4n) is 1.48. The first-order valence-corrected chi connectivity index (χ1v) is 5.93. The van der Waals surface area contributed by atoms with Gasteiger partial charge in [0.2, 0.25) is 10.0 Å². The third kappa shape index (κ3) is 4.04. The molecule has 0 saturated carbocycles. The number of nitrogens with one attached hydrogen (secondary N) is 1. The first-order valence-electron chi connectivity index (χ1n) is 4.27. The van der Waals surface area contributed by atoms with Gasteiger partial charge in [-0.15, -0.1) is 5.14 Å². The molecule has 4 nitrogen and oxygen atoms in total. The average molecular weight is 191 g/mol. The molecule has 1 aliphatic heterocycles. The van der Waals surface area contributed by atoms with Gasteiger partial charge in [-0.3, -0.25) is 0 Å². The molecule has 0 amide bonds. The SMILES string of the molecule is [NH]S(=O)(=O)CCCN1CCCC1. The second-order valence-corrected chi connectivity index (χ2v) is 4.86. The molecule has 1 fully saturated rings. The van der Waals surface area contributed by atoms with Crippen LogP contribution in [-0.2, 0) is 10.0 Å². The zero-order valence-corrected chi connectivity index (χ0v) is 7.94. The Hall–Kier alpha value is -0.130. The van der Waals surface area contributed by atoms with Crippen molar-refractivity contribution in [3.8, 4) is 0 Å². The van der Waals surface area contributed by atoms with Crippen molar-refractivity contribution in [2.75, 3.05) is 25.4 Å². The molecule has 0 aromatic rings. The molecular weight excluding hydrogens is 176 g/mol. The molecule has 0 atom stereocenters. The van der Waals surface area contributed by atoms with Crippen LogP contribution in [0.4, 0.5) is 0 Å². The lowest BCUT2D eigenvalue weighted by atomic mass is 10.4. The molecule has 1 N–H and O–H groups in total. The number of rotatable bonds is 4. The molecule has 0 spiro atoms. The Kier molecular flexibility index (Phi) is 3.49. The lowest BCUT2D eigenvalue weighted by molar-refractivity contribution is 0.340. The summed E-state index contributed by atoms with van der Waals surface area (Å²) in [5.74, 6) is 0.00347. The maximum Gasteiger partial charge on any atom is 0.225 e. The van der Waals surface area contributed by atoms with Gasteiger partial charge in [0, 0.05) is 0 Å². The van der Waals surface area contributed by atoms with E-state index in [1.807, 2.05) is 0 Å². The van der Waals surface area contributed by atoms with E-state index in [4.69, 9.17) is 5.14 Å². The van der Waals surface area contributed by atoms with Crippen LogP contribution in [0, 0.1) is 0 Å². The van der Waals surface area contributed by atoms with Gasteiger partial charge >= 0.3 is 0 Å². The van der Waals surface area contributed by atoms with E-state index in [-0.39, 0.29) is 5.75 Å². The van der Waals surface area contributed by atoms with Crippen molar-refractivity contribution in [3.63, 3.8) is 0 Å². The predicted molar refractivity (Wildman–Crippen MR) is 47.2 cm³/mol. The van der Waals surface area contributed by atoms with E-state index in [9.17, 15) is 8.42 Å². The Bertz CT molecular complexity index is 220. The summed E-state index contributed by atoms with van der Waals surface area (Å²) in [5.41, 5.74) is 0. The normalized spacial score (nSPS) is 20.1. The average Bonchev–Trinajstić information content (AvgIpc) is 2.36. The van der Waals surface area contributed by atoms with Crippen molar-refractivity contribution in [2.24, 2.45) is 0 Å². The monoisotopic (exact) mass is 191 g/mol. The van der Waals surface area contributed by atoms with Crippen LogP contribution in [0.1, 0.15) is 19.3 Å². The quantitative estimate of drug-likeness (QED) is 0.632. The highest BCUT2D eigenvalue weighted by Crippen LogP contribution is 2.07. The predicted octanol–water partition coefficient (Wildman–Crippen LogP) is 0.0850. The highest BCUT2D eigenvalue weighted by molar-refractivity contribution is 7.88.